The number of aromatic nitrogens is 1. The lowest BCUT2D eigenvalue weighted by Crippen LogP contribution is -2.20. The lowest BCUT2D eigenvalue weighted by Gasteiger charge is -2.11. The Hall–Kier alpha value is -2.24. The van der Waals surface area contributed by atoms with Crippen molar-refractivity contribution in [2.75, 3.05) is 20.0 Å². The number of ether oxygens (including phenoxy) is 2. The third-order valence-electron chi connectivity index (χ3n) is 2.54. The quantitative estimate of drug-likeness (QED) is 0.341. The van der Waals surface area contributed by atoms with E-state index in [1.165, 1.54) is 18.9 Å². The average Bonchev–Trinajstić information content (AvgIpc) is 2.57. The van der Waals surface area contributed by atoms with Crippen LogP contribution in [-0.4, -0.2) is 36.9 Å². The van der Waals surface area contributed by atoms with Crippen molar-refractivity contribution in [2.45, 2.75) is 6.54 Å². The molecule has 0 aromatic carbocycles. The summed E-state index contributed by atoms with van der Waals surface area (Å²) in [4.78, 5) is 26.8. The van der Waals surface area contributed by atoms with E-state index in [0.717, 1.165) is 5.56 Å². The van der Waals surface area contributed by atoms with Crippen LogP contribution >= 0.6 is 23.4 Å². The van der Waals surface area contributed by atoms with Gasteiger partial charge in [-0.25, -0.2) is 14.6 Å². The molecule has 0 amide bonds. The van der Waals surface area contributed by atoms with Gasteiger partial charge in [-0.05, 0) is 17.9 Å². The zero-order chi connectivity index (χ0) is 17.2. The van der Waals surface area contributed by atoms with Crippen LogP contribution < -0.4 is 5.32 Å². The normalized spacial score (nSPS) is 11.0. The molecule has 0 saturated heterocycles. The molecule has 0 saturated carbocycles. The molecule has 1 N–H and O–H groups in total. The maximum Gasteiger partial charge on any atom is 0.352 e. The van der Waals surface area contributed by atoms with E-state index in [9.17, 15) is 9.59 Å². The van der Waals surface area contributed by atoms with Crippen LogP contribution in [0.3, 0.4) is 0 Å². The summed E-state index contributed by atoms with van der Waals surface area (Å²) in [5.74, 6) is -1.61. The second-order valence-corrected chi connectivity index (χ2v) is 5.22. The van der Waals surface area contributed by atoms with Gasteiger partial charge < -0.3 is 14.8 Å². The average molecular weight is 356 g/mol. The van der Waals surface area contributed by atoms with Crippen LogP contribution in [0.2, 0.25) is 5.15 Å². The number of rotatable bonds is 7. The van der Waals surface area contributed by atoms with Gasteiger partial charge in [0.05, 0.1) is 12.1 Å². The van der Waals surface area contributed by atoms with E-state index in [4.69, 9.17) is 21.6 Å². The highest BCUT2D eigenvalue weighted by molar-refractivity contribution is 8.02. The van der Waals surface area contributed by atoms with Crippen LogP contribution in [0.15, 0.2) is 28.9 Å². The molecule has 7 nitrogen and oxygen atoms in total. The molecule has 0 atom stereocenters. The predicted octanol–water partition coefficient (Wildman–Crippen LogP) is 1.64. The van der Waals surface area contributed by atoms with Gasteiger partial charge in [-0.1, -0.05) is 17.7 Å². The number of hydrogen-bond donors (Lipinski definition) is 1. The highest BCUT2D eigenvalue weighted by Gasteiger charge is 2.18. The van der Waals surface area contributed by atoms with Gasteiger partial charge in [0.2, 0.25) is 0 Å². The largest absolute Gasteiger partial charge is 0.466 e. The summed E-state index contributed by atoms with van der Waals surface area (Å²) >= 11 is 6.88. The Kier molecular flexibility index (Phi) is 7.94. The minimum Gasteiger partial charge on any atom is -0.466 e. The number of pyridine rings is 1. The first kappa shape index (κ1) is 18.8. The van der Waals surface area contributed by atoms with Crippen LogP contribution in [0.1, 0.15) is 5.56 Å². The van der Waals surface area contributed by atoms with Gasteiger partial charge in [0.25, 0.3) is 0 Å². The van der Waals surface area contributed by atoms with Crippen LogP contribution in [0.4, 0.5) is 0 Å². The first-order valence-electron chi connectivity index (χ1n) is 6.28. The number of nitrogens with one attached hydrogen (secondary N) is 1. The van der Waals surface area contributed by atoms with E-state index in [1.807, 2.05) is 0 Å². The molecule has 1 heterocycles. The summed E-state index contributed by atoms with van der Waals surface area (Å²) in [6.45, 7) is -0.209. The van der Waals surface area contributed by atoms with Crippen molar-refractivity contribution in [3.8, 4) is 6.07 Å². The molecule has 0 radical (unpaired) electrons. The zero-order valence-electron chi connectivity index (χ0n) is 12.5. The predicted molar refractivity (Wildman–Crippen MR) is 85.2 cm³/mol. The van der Waals surface area contributed by atoms with Gasteiger partial charge in [-0.2, -0.15) is 5.26 Å². The standard InChI is InChI=1S/C14H14ClN3O4S/c1-21-12(19)8-22-14(20)10(5-16)13(23-2)18-7-9-3-4-11(15)17-6-9/h3-4,6,18H,7-8H2,1-2H3/b13-10+. The molecule has 23 heavy (non-hydrogen) atoms. The Labute approximate surface area is 142 Å². The van der Waals surface area contributed by atoms with Gasteiger partial charge in [0.15, 0.2) is 12.2 Å². The maximum atomic E-state index is 11.9. The summed E-state index contributed by atoms with van der Waals surface area (Å²) in [6.07, 6.45) is 3.28. The molecule has 1 aromatic heterocycles. The summed E-state index contributed by atoms with van der Waals surface area (Å²) in [7, 11) is 1.17. The lowest BCUT2D eigenvalue weighted by molar-refractivity contribution is -0.154. The van der Waals surface area contributed by atoms with E-state index in [2.05, 4.69) is 15.0 Å². The number of halogens is 1. The smallest absolute Gasteiger partial charge is 0.352 e. The van der Waals surface area contributed by atoms with Crippen molar-refractivity contribution >= 4 is 35.3 Å². The van der Waals surface area contributed by atoms with Gasteiger partial charge in [-0.15, -0.1) is 11.8 Å². The second-order valence-electron chi connectivity index (χ2n) is 4.02. The Balaban J connectivity index is 2.78. The number of methoxy groups -OCH3 is 1. The minimum absolute atomic E-state index is 0.219. The van der Waals surface area contributed by atoms with Gasteiger partial charge in [-0.3, -0.25) is 0 Å². The highest BCUT2D eigenvalue weighted by atomic mass is 35.5. The fraction of sp³-hybridized carbons (Fsp3) is 0.286. The number of nitriles is 1. The summed E-state index contributed by atoms with van der Waals surface area (Å²) in [6, 6.07) is 5.17. The fourth-order valence-electron chi connectivity index (χ4n) is 1.40. The third kappa shape index (κ3) is 6.18. The second kappa shape index (κ2) is 9.71. The summed E-state index contributed by atoms with van der Waals surface area (Å²) in [5.41, 5.74) is 0.601. The van der Waals surface area contributed by atoms with E-state index in [1.54, 1.807) is 30.7 Å². The van der Waals surface area contributed by atoms with Crippen LogP contribution in [0.5, 0.6) is 0 Å². The topological polar surface area (TPSA) is 101 Å². The molecule has 122 valence electrons. The monoisotopic (exact) mass is 355 g/mol. The Bertz CT molecular complexity index is 640. The molecule has 0 spiro atoms. The van der Waals surface area contributed by atoms with Crippen molar-refractivity contribution in [3.05, 3.63) is 39.6 Å². The number of carbonyl (C=O) groups excluding carboxylic acids is 2. The molecule has 1 rings (SSSR count). The third-order valence-corrected chi connectivity index (χ3v) is 3.52. The van der Waals surface area contributed by atoms with E-state index in [0.29, 0.717) is 16.7 Å². The molecule has 0 unspecified atom stereocenters. The van der Waals surface area contributed by atoms with E-state index >= 15 is 0 Å². The summed E-state index contributed by atoms with van der Waals surface area (Å²) < 4.78 is 9.08. The zero-order valence-corrected chi connectivity index (χ0v) is 14.0. The summed E-state index contributed by atoms with van der Waals surface area (Å²) in [5, 5.41) is 12.8. The van der Waals surface area contributed by atoms with Gasteiger partial charge >= 0.3 is 11.9 Å². The molecular weight excluding hydrogens is 342 g/mol. The number of nitrogens with zero attached hydrogens (tertiary/aromatic N) is 2. The molecule has 0 aliphatic carbocycles. The molecular formula is C14H14ClN3O4S. The Morgan fingerprint density at radius 3 is 2.74 bits per heavy atom. The Morgan fingerprint density at radius 2 is 2.22 bits per heavy atom. The van der Waals surface area contributed by atoms with Gasteiger partial charge in [0, 0.05) is 12.7 Å². The van der Waals surface area contributed by atoms with E-state index in [-0.39, 0.29) is 5.57 Å². The molecule has 9 heteroatoms. The van der Waals surface area contributed by atoms with Crippen LogP contribution in [0, 0.1) is 11.3 Å². The van der Waals surface area contributed by atoms with Crippen molar-refractivity contribution in [1.29, 1.82) is 5.26 Å². The molecule has 1 aromatic rings. The van der Waals surface area contributed by atoms with Crippen LogP contribution in [-0.2, 0) is 25.6 Å². The van der Waals surface area contributed by atoms with Crippen molar-refractivity contribution in [1.82, 2.24) is 10.3 Å². The molecule has 0 bridgehead atoms. The van der Waals surface area contributed by atoms with Crippen molar-refractivity contribution in [3.63, 3.8) is 0 Å². The van der Waals surface area contributed by atoms with Gasteiger partial charge in [0.1, 0.15) is 11.2 Å². The minimum atomic E-state index is -0.899. The lowest BCUT2D eigenvalue weighted by atomic mass is 10.3. The van der Waals surface area contributed by atoms with E-state index < -0.39 is 18.5 Å². The number of thioether (sulfide) groups is 1. The first-order chi connectivity index (χ1) is 11.0. The first-order valence-corrected chi connectivity index (χ1v) is 7.88. The number of carbonyl (C=O) groups is 2. The van der Waals surface area contributed by atoms with Crippen molar-refractivity contribution in [2.24, 2.45) is 0 Å². The fourth-order valence-corrected chi connectivity index (χ4v) is 2.06. The number of esters is 2. The molecule has 0 fully saturated rings. The molecule has 0 aliphatic heterocycles. The Morgan fingerprint density at radius 1 is 1.48 bits per heavy atom. The van der Waals surface area contributed by atoms with Crippen LogP contribution in [0.25, 0.3) is 0 Å². The number of hydrogen-bond acceptors (Lipinski definition) is 8. The molecule has 0 aliphatic rings. The van der Waals surface area contributed by atoms with Crippen molar-refractivity contribution < 1.29 is 19.1 Å². The maximum absolute atomic E-state index is 11.9. The highest BCUT2D eigenvalue weighted by Crippen LogP contribution is 2.16. The SMILES string of the molecule is COC(=O)COC(=O)/C(C#N)=C(\NCc1ccc(Cl)nc1)SC.